The van der Waals surface area contributed by atoms with E-state index >= 15 is 0 Å². The van der Waals surface area contributed by atoms with Crippen LogP contribution in [0, 0.1) is 0 Å². The minimum atomic E-state index is -0.0266. The van der Waals surface area contributed by atoms with Gasteiger partial charge in [-0.2, -0.15) is 0 Å². The molecule has 0 spiro atoms. The first-order valence-corrected chi connectivity index (χ1v) is 3.82. The highest BCUT2D eigenvalue weighted by atomic mass is 16.1. The summed E-state index contributed by atoms with van der Waals surface area (Å²) in [6.45, 7) is 1.47. The van der Waals surface area contributed by atoms with Crippen LogP contribution in [-0.2, 0) is 4.79 Å². The summed E-state index contributed by atoms with van der Waals surface area (Å²) in [6.07, 6.45) is 5.23. The summed E-state index contributed by atoms with van der Waals surface area (Å²) in [5.41, 5.74) is 1.20. The Morgan fingerprint density at radius 3 is 2.69 bits per heavy atom. The molecule has 0 radical (unpaired) electrons. The number of hydrogen-bond donors (Lipinski definition) is 0. The van der Waals surface area contributed by atoms with Crippen LogP contribution in [0.15, 0.2) is 24.4 Å². The summed E-state index contributed by atoms with van der Waals surface area (Å²) in [5.74, 6) is -0.0266. The Morgan fingerprint density at radius 1 is 1.46 bits per heavy atom. The molecule has 0 fully saturated rings. The van der Waals surface area contributed by atoms with E-state index in [0.717, 1.165) is 6.29 Å². The molecule has 0 aliphatic carbocycles. The topological polar surface area (TPSA) is 47.0 Å². The lowest BCUT2D eigenvalue weighted by molar-refractivity contribution is -0.112. The summed E-state index contributed by atoms with van der Waals surface area (Å²) in [6, 6.07) is 3.34. The third-order valence-corrected chi connectivity index (χ3v) is 1.43. The van der Waals surface area contributed by atoms with Crippen molar-refractivity contribution < 1.29 is 9.59 Å². The van der Waals surface area contributed by atoms with Gasteiger partial charge in [0.05, 0.1) is 5.69 Å². The molecule has 66 valence electrons. The summed E-state index contributed by atoms with van der Waals surface area (Å²) in [5, 5.41) is 0. The molecular weight excluding hydrogens is 166 g/mol. The maximum Gasteiger partial charge on any atom is 0.152 e. The first-order chi connectivity index (χ1) is 6.22. The van der Waals surface area contributed by atoms with Crippen LogP contribution in [0.4, 0.5) is 0 Å². The van der Waals surface area contributed by atoms with Gasteiger partial charge < -0.3 is 0 Å². The monoisotopic (exact) mass is 175 g/mol. The molecular formula is C10H9NO2. The number of nitrogens with zero attached hydrogens (tertiary/aromatic N) is 1. The third-order valence-electron chi connectivity index (χ3n) is 1.43. The molecule has 0 aliphatic heterocycles. The second-order valence-corrected chi connectivity index (χ2v) is 2.58. The fourth-order valence-corrected chi connectivity index (χ4v) is 0.788. The largest absolute Gasteiger partial charge is 0.298 e. The molecule has 1 aromatic heterocycles. The van der Waals surface area contributed by atoms with Crippen molar-refractivity contribution in [1.82, 2.24) is 4.98 Å². The normalized spacial score (nSPS) is 10.2. The number of pyridine rings is 1. The number of carbonyl (C=O) groups is 2. The van der Waals surface area contributed by atoms with Gasteiger partial charge in [0.2, 0.25) is 0 Å². The molecule has 0 atom stereocenters. The zero-order chi connectivity index (χ0) is 9.68. The molecule has 0 unspecified atom stereocenters. The Hall–Kier alpha value is -1.77. The SMILES string of the molecule is CC(=O)/C=C/c1ccc(C=O)cn1. The number of rotatable bonds is 3. The number of aldehydes is 1. The van der Waals surface area contributed by atoms with Crippen LogP contribution < -0.4 is 0 Å². The van der Waals surface area contributed by atoms with Crippen molar-refractivity contribution >= 4 is 18.1 Å². The van der Waals surface area contributed by atoms with Crippen LogP contribution in [0.25, 0.3) is 6.08 Å². The van der Waals surface area contributed by atoms with Gasteiger partial charge in [-0.05, 0) is 31.2 Å². The van der Waals surface area contributed by atoms with Crippen molar-refractivity contribution in [3.63, 3.8) is 0 Å². The van der Waals surface area contributed by atoms with Crippen molar-refractivity contribution in [3.05, 3.63) is 35.7 Å². The fraction of sp³-hybridized carbons (Fsp3) is 0.100. The maximum atomic E-state index is 10.6. The van der Waals surface area contributed by atoms with E-state index in [1.807, 2.05) is 0 Å². The van der Waals surface area contributed by atoms with Gasteiger partial charge in [0, 0.05) is 11.8 Å². The molecule has 13 heavy (non-hydrogen) atoms. The van der Waals surface area contributed by atoms with Crippen LogP contribution in [0.3, 0.4) is 0 Å². The van der Waals surface area contributed by atoms with Crippen LogP contribution >= 0.6 is 0 Å². The highest BCUT2D eigenvalue weighted by Gasteiger charge is 1.91. The van der Waals surface area contributed by atoms with E-state index in [2.05, 4.69) is 4.98 Å². The Kier molecular flexibility index (Phi) is 3.09. The second kappa shape index (κ2) is 4.30. The molecule has 0 bridgehead atoms. The second-order valence-electron chi connectivity index (χ2n) is 2.58. The summed E-state index contributed by atoms with van der Waals surface area (Å²) in [4.78, 5) is 24.8. The molecule has 0 aromatic carbocycles. The number of allylic oxidation sites excluding steroid dienone is 1. The molecule has 0 saturated heterocycles. The van der Waals surface area contributed by atoms with Crippen molar-refractivity contribution in [2.75, 3.05) is 0 Å². The Balaban J connectivity index is 2.80. The third kappa shape index (κ3) is 2.99. The Labute approximate surface area is 76.1 Å². The molecule has 0 amide bonds. The number of hydrogen-bond acceptors (Lipinski definition) is 3. The smallest absolute Gasteiger partial charge is 0.152 e. The minimum Gasteiger partial charge on any atom is -0.298 e. The lowest BCUT2D eigenvalue weighted by atomic mass is 10.2. The highest BCUT2D eigenvalue weighted by Crippen LogP contribution is 1.99. The molecule has 0 N–H and O–H groups in total. The summed E-state index contributed by atoms with van der Waals surface area (Å²) in [7, 11) is 0. The van der Waals surface area contributed by atoms with Gasteiger partial charge in [-0.3, -0.25) is 14.6 Å². The molecule has 0 aliphatic rings. The zero-order valence-corrected chi connectivity index (χ0v) is 7.23. The van der Waals surface area contributed by atoms with E-state index in [9.17, 15) is 9.59 Å². The van der Waals surface area contributed by atoms with E-state index in [-0.39, 0.29) is 5.78 Å². The quantitative estimate of drug-likeness (QED) is 0.516. The summed E-state index contributed by atoms with van der Waals surface area (Å²) >= 11 is 0. The van der Waals surface area contributed by atoms with Crippen molar-refractivity contribution in [1.29, 1.82) is 0 Å². The van der Waals surface area contributed by atoms with Crippen LogP contribution in [0.2, 0.25) is 0 Å². The van der Waals surface area contributed by atoms with Gasteiger partial charge in [-0.1, -0.05) is 0 Å². The van der Waals surface area contributed by atoms with Gasteiger partial charge in [0.1, 0.15) is 0 Å². The molecule has 3 nitrogen and oxygen atoms in total. The predicted molar refractivity (Wildman–Crippen MR) is 49.3 cm³/mol. The number of ketones is 1. The first kappa shape index (κ1) is 9.32. The van der Waals surface area contributed by atoms with E-state index in [1.54, 1.807) is 18.2 Å². The van der Waals surface area contributed by atoms with Gasteiger partial charge in [0.25, 0.3) is 0 Å². The highest BCUT2D eigenvalue weighted by molar-refractivity contribution is 5.91. The van der Waals surface area contributed by atoms with Crippen molar-refractivity contribution in [2.45, 2.75) is 6.92 Å². The first-order valence-electron chi connectivity index (χ1n) is 3.82. The molecule has 1 aromatic rings. The zero-order valence-electron chi connectivity index (χ0n) is 7.23. The average Bonchev–Trinajstić information content (AvgIpc) is 2.15. The van der Waals surface area contributed by atoms with Crippen molar-refractivity contribution in [3.8, 4) is 0 Å². The summed E-state index contributed by atoms with van der Waals surface area (Å²) < 4.78 is 0. The van der Waals surface area contributed by atoms with Crippen LogP contribution in [0.5, 0.6) is 0 Å². The lowest BCUT2D eigenvalue weighted by Gasteiger charge is -1.91. The average molecular weight is 175 g/mol. The van der Waals surface area contributed by atoms with Gasteiger partial charge >= 0.3 is 0 Å². The number of carbonyl (C=O) groups excluding carboxylic acids is 2. The van der Waals surface area contributed by atoms with Crippen molar-refractivity contribution in [2.24, 2.45) is 0 Å². The van der Waals surface area contributed by atoms with E-state index in [0.29, 0.717) is 11.3 Å². The molecule has 0 saturated carbocycles. The fourth-order valence-electron chi connectivity index (χ4n) is 0.788. The van der Waals surface area contributed by atoms with E-state index in [1.165, 1.54) is 19.2 Å². The van der Waals surface area contributed by atoms with Gasteiger partial charge in [-0.25, -0.2) is 0 Å². The van der Waals surface area contributed by atoms with Gasteiger partial charge in [0.15, 0.2) is 12.1 Å². The van der Waals surface area contributed by atoms with E-state index < -0.39 is 0 Å². The van der Waals surface area contributed by atoms with Crippen LogP contribution in [0.1, 0.15) is 23.0 Å². The van der Waals surface area contributed by atoms with E-state index in [4.69, 9.17) is 0 Å². The lowest BCUT2D eigenvalue weighted by Crippen LogP contribution is -1.86. The predicted octanol–water partition coefficient (Wildman–Crippen LogP) is 1.50. The molecule has 3 heteroatoms. The molecule has 1 heterocycles. The maximum absolute atomic E-state index is 10.6. The number of aromatic nitrogens is 1. The Morgan fingerprint density at radius 2 is 2.23 bits per heavy atom. The minimum absolute atomic E-state index is 0.0266. The standard InChI is InChI=1S/C10H9NO2/c1-8(13)2-4-10-5-3-9(7-12)6-11-10/h2-7H,1H3/b4-2+. The van der Waals surface area contributed by atoms with Gasteiger partial charge in [-0.15, -0.1) is 0 Å². The van der Waals surface area contributed by atoms with Crippen LogP contribution in [-0.4, -0.2) is 17.1 Å². The molecule has 1 rings (SSSR count). The Bertz CT molecular complexity index is 338.